The summed E-state index contributed by atoms with van der Waals surface area (Å²) in [4.78, 5) is 29.1. The van der Waals surface area contributed by atoms with Gasteiger partial charge in [-0.1, -0.05) is 31.5 Å². The Morgan fingerprint density at radius 1 is 1.33 bits per heavy atom. The minimum atomic E-state index is -1.27. The fraction of sp³-hybridized carbons (Fsp3) is 0.421. The molecule has 2 N–H and O–H groups in total. The van der Waals surface area contributed by atoms with E-state index in [0.29, 0.717) is 24.3 Å². The molecule has 0 saturated heterocycles. The van der Waals surface area contributed by atoms with E-state index in [-0.39, 0.29) is 5.91 Å². The summed E-state index contributed by atoms with van der Waals surface area (Å²) in [6.07, 6.45) is 3.24. The van der Waals surface area contributed by atoms with Gasteiger partial charge in [0.25, 0.3) is 5.91 Å². The number of carbonyl (C=O) groups excluding carboxylic acids is 1. The Morgan fingerprint density at radius 3 is 2.67 bits per heavy atom. The van der Waals surface area contributed by atoms with Gasteiger partial charge in [0.1, 0.15) is 5.54 Å². The number of hydrogen-bond donors (Lipinski definition) is 2. The molecule has 1 aromatic heterocycles. The van der Waals surface area contributed by atoms with Crippen LogP contribution in [0.2, 0.25) is 0 Å². The third kappa shape index (κ3) is 3.11. The van der Waals surface area contributed by atoms with E-state index in [9.17, 15) is 14.7 Å². The highest BCUT2D eigenvalue weighted by molar-refractivity contribution is 6.07. The second-order valence-electron chi connectivity index (χ2n) is 6.73. The van der Waals surface area contributed by atoms with Gasteiger partial charge in [0, 0.05) is 17.0 Å². The van der Waals surface area contributed by atoms with Crippen molar-refractivity contribution in [3.8, 4) is 0 Å². The molecule has 0 spiro atoms. The van der Waals surface area contributed by atoms with Crippen molar-refractivity contribution in [1.82, 2.24) is 10.3 Å². The Labute approximate surface area is 141 Å². The molecule has 0 bridgehead atoms. The number of carbonyl (C=O) groups is 2. The zero-order valence-electron chi connectivity index (χ0n) is 14.0. The van der Waals surface area contributed by atoms with Crippen LogP contribution in [0, 0.1) is 0 Å². The average Bonchev–Trinajstić information content (AvgIpc) is 3.38. The lowest BCUT2D eigenvalue weighted by atomic mass is 9.95. The smallest absolute Gasteiger partial charge is 0.329 e. The Balaban J connectivity index is 2.01. The number of nitrogens with one attached hydrogen (secondary N) is 1. The number of aromatic nitrogens is 1. The summed E-state index contributed by atoms with van der Waals surface area (Å²) in [5.74, 6) is -0.949. The summed E-state index contributed by atoms with van der Waals surface area (Å²) in [6.45, 7) is 3.46. The minimum absolute atomic E-state index is 0.353. The summed E-state index contributed by atoms with van der Waals surface area (Å²) >= 11 is 0. The van der Waals surface area contributed by atoms with E-state index in [1.807, 2.05) is 37.3 Å². The Morgan fingerprint density at radius 2 is 2.04 bits per heavy atom. The van der Waals surface area contributed by atoms with Crippen LogP contribution in [-0.2, 0) is 4.79 Å². The highest BCUT2D eigenvalue weighted by Gasteiger charge is 2.35. The van der Waals surface area contributed by atoms with Crippen LogP contribution in [0.1, 0.15) is 61.5 Å². The predicted octanol–water partition coefficient (Wildman–Crippen LogP) is 3.49. The fourth-order valence-corrected chi connectivity index (χ4v) is 3.01. The number of carboxylic acid groups (broad SMARTS) is 1. The number of benzene rings is 1. The van der Waals surface area contributed by atoms with Crippen LogP contribution in [0.25, 0.3) is 10.9 Å². The standard InChI is InChI=1S/C19H22N2O3/c1-3-10-19(2,18(23)24)21-17(22)14-11-16(12-8-9-12)20-15-7-5-4-6-13(14)15/h4-7,11-12H,3,8-10H2,1-2H3,(H,21,22)(H,23,24). The van der Waals surface area contributed by atoms with E-state index in [4.69, 9.17) is 0 Å². The van der Waals surface area contributed by atoms with Gasteiger partial charge in [-0.3, -0.25) is 9.78 Å². The van der Waals surface area contributed by atoms with Crippen LogP contribution in [0.15, 0.2) is 30.3 Å². The maximum Gasteiger partial charge on any atom is 0.329 e. The number of pyridine rings is 1. The molecule has 0 radical (unpaired) electrons. The van der Waals surface area contributed by atoms with E-state index in [1.54, 1.807) is 6.92 Å². The molecule has 1 atom stereocenters. The molecule has 1 amide bonds. The molecule has 24 heavy (non-hydrogen) atoms. The van der Waals surface area contributed by atoms with Crippen molar-refractivity contribution in [3.05, 3.63) is 41.6 Å². The molecule has 1 saturated carbocycles. The second kappa shape index (κ2) is 6.23. The normalized spacial score (nSPS) is 16.6. The van der Waals surface area contributed by atoms with Crippen molar-refractivity contribution < 1.29 is 14.7 Å². The van der Waals surface area contributed by atoms with Crippen molar-refractivity contribution in [2.24, 2.45) is 0 Å². The molecule has 3 rings (SSSR count). The first-order chi connectivity index (χ1) is 11.4. The molecule has 2 aromatic rings. The molecule has 1 aliphatic carbocycles. The van der Waals surface area contributed by atoms with Gasteiger partial charge in [0.05, 0.1) is 11.1 Å². The predicted molar refractivity (Wildman–Crippen MR) is 92.1 cm³/mol. The number of para-hydroxylation sites is 1. The first kappa shape index (κ1) is 16.4. The first-order valence-electron chi connectivity index (χ1n) is 8.40. The Bertz CT molecular complexity index is 798. The number of rotatable bonds is 6. The highest BCUT2D eigenvalue weighted by atomic mass is 16.4. The maximum absolute atomic E-state index is 12.8. The van der Waals surface area contributed by atoms with Gasteiger partial charge < -0.3 is 10.4 Å². The molecule has 5 heteroatoms. The number of nitrogens with zero attached hydrogens (tertiary/aromatic N) is 1. The van der Waals surface area contributed by atoms with E-state index in [2.05, 4.69) is 10.3 Å². The summed E-state index contributed by atoms with van der Waals surface area (Å²) in [6, 6.07) is 9.32. The van der Waals surface area contributed by atoms with E-state index >= 15 is 0 Å². The highest BCUT2D eigenvalue weighted by Crippen LogP contribution is 2.40. The number of amides is 1. The van der Waals surface area contributed by atoms with E-state index in [1.165, 1.54) is 0 Å². The summed E-state index contributed by atoms with van der Waals surface area (Å²) in [7, 11) is 0. The zero-order valence-corrected chi connectivity index (χ0v) is 14.0. The van der Waals surface area contributed by atoms with E-state index in [0.717, 1.165) is 29.4 Å². The molecule has 0 aliphatic heterocycles. The molecule has 1 unspecified atom stereocenters. The number of hydrogen-bond acceptors (Lipinski definition) is 3. The number of fused-ring (bicyclic) bond motifs is 1. The van der Waals surface area contributed by atoms with Crippen LogP contribution < -0.4 is 5.32 Å². The number of carboxylic acids is 1. The largest absolute Gasteiger partial charge is 0.480 e. The summed E-state index contributed by atoms with van der Waals surface area (Å²) in [5.41, 5.74) is 0.938. The van der Waals surface area contributed by atoms with E-state index < -0.39 is 11.5 Å². The van der Waals surface area contributed by atoms with Gasteiger partial charge in [-0.25, -0.2) is 4.79 Å². The molecule has 1 fully saturated rings. The average molecular weight is 326 g/mol. The van der Waals surface area contributed by atoms with Crippen molar-refractivity contribution in [2.45, 2.75) is 51.0 Å². The lowest BCUT2D eigenvalue weighted by molar-refractivity contribution is -0.144. The fourth-order valence-electron chi connectivity index (χ4n) is 3.01. The SMILES string of the molecule is CCCC(C)(NC(=O)c1cc(C2CC2)nc2ccccc12)C(=O)O. The first-order valence-corrected chi connectivity index (χ1v) is 8.40. The van der Waals surface area contributed by atoms with Crippen molar-refractivity contribution in [2.75, 3.05) is 0 Å². The van der Waals surface area contributed by atoms with Crippen LogP contribution >= 0.6 is 0 Å². The lowest BCUT2D eigenvalue weighted by Crippen LogP contribution is -2.52. The lowest BCUT2D eigenvalue weighted by Gasteiger charge is -2.26. The van der Waals surface area contributed by atoms with Crippen molar-refractivity contribution in [1.29, 1.82) is 0 Å². The minimum Gasteiger partial charge on any atom is -0.480 e. The van der Waals surface area contributed by atoms with Crippen molar-refractivity contribution >= 4 is 22.8 Å². The maximum atomic E-state index is 12.8. The van der Waals surface area contributed by atoms with Crippen LogP contribution in [0.5, 0.6) is 0 Å². The quantitative estimate of drug-likeness (QED) is 0.851. The van der Waals surface area contributed by atoms with Gasteiger partial charge in [0.15, 0.2) is 0 Å². The molecular weight excluding hydrogens is 304 g/mol. The molecular formula is C19H22N2O3. The molecule has 5 nitrogen and oxygen atoms in total. The van der Waals surface area contributed by atoms with Gasteiger partial charge in [-0.15, -0.1) is 0 Å². The van der Waals surface area contributed by atoms with Crippen LogP contribution in [0.3, 0.4) is 0 Å². The topological polar surface area (TPSA) is 79.3 Å². The summed E-state index contributed by atoms with van der Waals surface area (Å²) in [5, 5.41) is 13.0. The Kier molecular flexibility index (Phi) is 4.26. The Hall–Kier alpha value is -2.43. The zero-order chi connectivity index (χ0) is 17.3. The van der Waals surface area contributed by atoms with Crippen LogP contribution in [0.4, 0.5) is 0 Å². The molecule has 1 heterocycles. The van der Waals surface area contributed by atoms with Gasteiger partial charge >= 0.3 is 5.97 Å². The van der Waals surface area contributed by atoms with Gasteiger partial charge in [-0.05, 0) is 38.3 Å². The third-order valence-corrected chi connectivity index (χ3v) is 4.59. The van der Waals surface area contributed by atoms with Crippen LogP contribution in [-0.4, -0.2) is 27.5 Å². The number of aliphatic carboxylic acids is 1. The molecule has 1 aliphatic rings. The van der Waals surface area contributed by atoms with Gasteiger partial charge in [-0.2, -0.15) is 0 Å². The monoisotopic (exact) mass is 326 g/mol. The third-order valence-electron chi connectivity index (χ3n) is 4.59. The summed E-state index contributed by atoms with van der Waals surface area (Å²) < 4.78 is 0. The van der Waals surface area contributed by atoms with Gasteiger partial charge in [0.2, 0.25) is 0 Å². The second-order valence-corrected chi connectivity index (χ2v) is 6.73. The van der Waals surface area contributed by atoms with Crippen molar-refractivity contribution in [3.63, 3.8) is 0 Å². The molecule has 1 aromatic carbocycles. The molecule has 126 valence electrons.